The van der Waals surface area contributed by atoms with Gasteiger partial charge in [-0.2, -0.15) is 0 Å². The highest BCUT2D eigenvalue weighted by atomic mass is 16.5. The van der Waals surface area contributed by atoms with E-state index in [0.717, 1.165) is 30.4 Å². The summed E-state index contributed by atoms with van der Waals surface area (Å²) in [4.78, 5) is 34.9. The van der Waals surface area contributed by atoms with Gasteiger partial charge in [0, 0.05) is 19.9 Å². The van der Waals surface area contributed by atoms with E-state index in [1.807, 2.05) is 48.5 Å². The van der Waals surface area contributed by atoms with Gasteiger partial charge in [0.2, 0.25) is 11.7 Å². The van der Waals surface area contributed by atoms with Crippen molar-refractivity contribution in [2.45, 2.75) is 38.5 Å². The van der Waals surface area contributed by atoms with Crippen LogP contribution in [0.3, 0.4) is 0 Å². The van der Waals surface area contributed by atoms with E-state index in [9.17, 15) is 14.4 Å². The Labute approximate surface area is 171 Å². The number of nitrogens with one attached hydrogen (secondary N) is 2. The maximum atomic E-state index is 12.3. The van der Waals surface area contributed by atoms with Crippen LogP contribution in [-0.4, -0.2) is 31.8 Å². The molecule has 0 saturated heterocycles. The Morgan fingerprint density at radius 2 is 1.55 bits per heavy atom. The molecule has 0 bridgehead atoms. The van der Waals surface area contributed by atoms with Crippen LogP contribution in [0.4, 0.5) is 5.69 Å². The van der Waals surface area contributed by atoms with Crippen molar-refractivity contribution in [1.29, 1.82) is 0 Å². The number of unbranched alkanes of at least 4 members (excludes halogenated alkanes) is 3. The van der Waals surface area contributed by atoms with Crippen molar-refractivity contribution in [2.75, 3.05) is 19.5 Å². The monoisotopic (exact) mass is 396 g/mol. The van der Waals surface area contributed by atoms with E-state index < -0.39 is 11.7 Å². The van der Waals surface area contributed by atoms with Crippen LogP contribution in [0.5, 0.6) is 5.75 Å². The van der Waals surface area contributed by atoms with Gasteiger partial charge in [0.15, 0.2) is 0 Å². The lowest BCUT2D eigenvalue weighted by molar-refractivity contribution is -0.137. The van der Waals surface area contributed by atoms with Gasteiger partial charge in [-0.1, -0.05) is 49.2 Å². The summed E-state index contributed by atoms with van der Waals surface area (Å²) in [6.07, 6.45) is 3.65. The Morgan fingerprint density at radius 1 is 0.862 bits per heavy atom. The summed E-state index contributed by atoms with van der Waals surface area (Å²) in [5.41, 5.74) is 2.72. The molecular weight excluding hydrogens is 368 g/mol. The lowest BCUT2D eigenvalue weighted by atomic mass is 10.0. The Balaban J connectivity index is 1.81. The van der Waals surface area contributed by atoms with E-state index in [0.29, 0.717) is 24.3 Å². The third-order valence-corrected chi connectivity index (χ3v) is 4.62. The molecule has 2 rings (SSSR count). The van der Waals surface area contributed by atoms with Gasteiger partial charge in [-0.3, -0.25) is 14.4 Å². The minimum absolute atomic E-state index is 0.0741. The zero-order chi connectivity index (χ0) is 21.1. The minimum atomic E-state index is -0.545. The Kier molecular flexibility index (Phi) is 8.89. The molecule has 0 aliphatic carbocycles. The van der Waals surface area contributed by atoms with E-state index in [-0.39, 0.29) is 12.3 Å². The van der Waals surface area contributed by atoms with E-state index in [2.05, 4.69) is 10.6 Å². The number of carbonyl (C=O) groups excluding carboxylic acids is 3. The second-order valence-electron chi connectivity index (χ2n) is 6.75. The third kappa shape index (κ3) is 7.07. The molecule has 0 radical (unpaired) electrons. The van der Waals surface area contributed by atoms with Crippen LogP contribution in [-0.2, 0) is 14.4 Å². The molecule has 29 heavy (non-hydrogen) atoms. The predicted octanol–water partition coefficient (Wildman–Crippen LogP) is 3.96. The smallest absolute Gasteiger partial charge is 0.287 e. The molecular formula is C23H28N2O4. The summed E-state index contributed by atoms with van der Waals surface area (Å²) in [6, 6.07) is 15.7. The normalized spacial score (nSPS) is 10.3. The average Bonchev–Trinajstić information content (AvgIpc) is 2.75. The third-order valence-electron chi connectivity index (χ3n) is 4.62. The second kappa shape index (κ2) is 11.6. The molecule has 0 aliphatic rings. The molecule has 6 nitrogen and oxygen atoms in total. The van der Waals surface area contributed by atoms with Crippen LogP contribution in [0.2, 0.25) is 0 Å². The molecule has 0 aromatic heterocycles. The maximum Gasteiger partial charge on any atom is 0.287 e. The SMILES string of the molecule is CNC(=O)C(=O)CCCCCCC(=O)Nc1cc(-c2ccccc2)ccc1OC. The first-order chi connectivity index (χ1) is 14.0. The first-order valence-electron chi connectivity index (χ1n) is 9.83. The topological polar surface area (TPSA) is 84.5 Å². The van der Waals surface area contributed by atoms with Gasteiger partial charge < -0.3 is 15.4 Å². The molecule has 0 unspecified atom stereocenters. The molecule has 154 valence electrons. The molecule has 0 aliphatic heterocycles. The number of hydrogen-bond acceptors (Lipinski definition) is 4. The summed E-state index contributed by atoms with van der Waals surface area (Å²) in [6.45, 7) is 0. The van der Waals surface area contributed by atoms with E-state index in [4.69, 9.17) is 4.74 Å². The zero-order valence-electron chi connectivity index (χ0n) is 17.0. The molecule has 0 fully saturated rings. The number of anilines is 1. The highest BCUT2D eigenvalue weighted by Gasteiger charge is 2.11. The van der Waals surface area contributed by atoms with Crippen LogP contribution in [0.1, 0.15) is 38.5 Å². The first-order valence-corrected chi connectivity index (χ1v) is 9.83. The van der Waals surface area contributed by atoms with Gasteiger partial charge in [0.05, 0.1) is 12.8 Å². The Bertz CT molecular complexity index is 834. The lowest BCUT2D eigenvalue weighted by Gasteiger charge is -2.12. The number of ketones is 1. The van der Waals surface area contributed by atoms with Crippen LogP contribution in [0.25, 0.3) is 11.1 Å². The van der Waals surface area contributed by atoms with E-state index >= 15 is 0 Å². The zero-order valence-corrected chi connectivity index (χ0v) is 17.0. The fourth-order valence-electron chi connectivity index (χ4n) is 3.01. The van der Waals surface area contributed by atoms with Gasteiger partial charge in [-0.25, -0.2) is 0 Å². The number of hydrogen-bond donors (Lipinski definition) is 2. The van der Waals surface area contributed by atoms with E-state index in [1.54, 1.807) is 7.11 Å². The summed E-state index contributed by atoms with van der Waals surface area (Å²) < 4.78 is 5.37. The van der Waals surface area contributed by atoms with Gasteiger partial charge >= 0.3 is 0 Å². The van der Waals surface area contributed by atoms with Crippen molar-refractivity contribution in [1.82, 2.24) is 5.32 Å². The molecule has 0 atom stereocenters. The van der Waals surface area contributed by atoms with Crippen molar-refractivity contribution in [3.63, 3.8) is 0 Å². The van der Waals surface area contributed by atoms with Crippen molar-refractivity contribution in [3.05, 3.63) is 48.5 Å². The maximum absolute atomic E-state index is 12.3. The summed E-state index contributed by atoms with van der Waals surface area (Å²) in [7, 11) is 3.02. The molecule has 6 heteroatoms. The standard InChI is InChI=1S/C23H28N2O4/c1-24-23(28)20(26)12-8-3-4-9-13-22(27)25-19-16-18(14-15-21(19)29-2)17-10-6-5-7-11-17/h5-7,10-11,14-16H,3-4,8-9,12-13H2,1-2H3,(H,24,28)(H,25,27). The summed E-state index contributed by atoms with van der Waals surface area (Å²) in [5.74, 6) is -0.396. The largest absolute Gasteiger partial charge is 0.495 e. The Hall–Kier alpha value is -3.15. The number of carbonyl (C=O) groups is 3. The molecule has 2 N–H and O–H groups in total. The van der Waals surface area contributed by atoms with Crippen molar-refractivity contribution >= 4 is 23.3 Å². The minimum Gasteiger partial charge on any atom is -0.495 e. The predicted molar refractivity (Wildman–Crippen MR) is 114 cm³/mol. The van der Waals surface area contributed by atoms with Crippen LogP contribution in [0, 0.1) is 0 Å². The lowest BCUT2D eigenvalue weighted by Crippen LogP contribution is -2.27. The van der Waals surface area contributed by atoms with Crippen LogP contribution >= 0.6 is 0 Å². The van der Waals surface area contributed by atoms with Crippen molar-refractivity contribution < 1.29 is 19.1 Å². The number of likely N-dealkylation sites (N-methyl/N-ethyl adjacent to an activating group) is 1. The molecule has 2 aromatic carbocycles. The summed E-state index contributed by atoms with van der Waals surface area (Å²) >= 11 is 0. The average molecular weight is 396 g/mol. The van der Waals surface area contributed by atoms with Gasteiger partial charge in [-0.15, -0.1) is 0 Å². The van der Waals surface area contributed by atoms with Crippen LogP contribution < -0.4 is 15.4 Å². The van der Waals surface area contributed by atoms with Gasteiger partial charge in [-0.05, 0) is 36.1 Å². The van der Waals surface area contributed by atoms with Crippen molar-refractivity contribution in [3.8, 4) is 16.9 Å². The van der Waals surface area contributed by atoms with Gasteiger partial charge in [0.1, 0.15) is 5.75 Å². The molecule has 2 aromatic rings. The van der Waals surface area contributed by atoms with Gasteiger partial charge in [0.25, 0.3) is 5.91 Å². The number of methoxy groups -OCH3 is 1. The molecule has 0 heterocycles. The highest BCUT2D eigenvalue weighted by Crippen LogP contribution is 2.30. The van der Waals surface area contributed by atoms with Crippen LogP contribution in [0.15, 0.2) is 48.5 Å². The quantitative estimate of drug-likeness (QED) is 0.445. The second-order valence-corrected chi connectivity index (χ2v) is 6.75. The number of ether oxygens (including phenoxy) is 1. The number of amides is 2. The van der Waals surface area contributed by atoms with E-state index in [1.165, 1.54) is 7.05 Å². The number of benzene rings is 2. The van der Waals surface area contributed by atoms with Crippen molar-refractivity contribution in [2.24, 2.45) is 0 Å². The number of rotatable bonds is 11. The fraction of sp³-hybridized carbons (Fsp3) is 0.348. The highest BCUT2D eigenvalue weighted by molar-refractivity contribution is 6.36. The fourth-order valence-corrected chi connectivity index (χ4v) is 3.01. The molecule has 0 spiro atoms. The molecule has 2 amide bonds. The Morgan fingerprint density at radius 3 is 2.21 bits per heavy atom. The summed E-state index contributed by atoms with van der Waals surface area (Å²) in [5, 5.41) is 5.26. The first kappa shape index (κ1) is 22.1. The molecule has 0 saturated carbocycles. The number of Topliss-reactive ketones (excluding diaryl/α,β-unsaturated/α-hetero) is 1.